The van der Waals surface area contributed by atoms with Crippen LogP contribution in [0.1, 0.15) is 44.6 Å². The molecule has 1 nitrogen and oxygen atoms in total. The van der Waals surface area contributed by atoms with Crippen molar-refractivity contribution in [3.8, 4) is 0 Å². The molecule has 0 saturated heterocycles. The molecule has 2 atom stereocenters. The monoisotopic (exact) mass is 314 g/mol. The van der Waals surface area contributed by atoms with Crippen LogP contribution in [0.2, 0.25) is 0 Å². The van der Waals surface area contributed by atoms with Gasteiger partial charge in [0.15, 0.2) is 0 Å². The number of rotatable bonds is 3. The highest BCUT2D eigenvalue weighted by molar-refractivity contribution is 9.10. The lowest BCUT2D eigenvalue weighted by Gasteiger charge is -2.36. The third kappa shape index (κ3) is 3.55. The Morgan fingerprint density at radius 1 is 1.44 bits per heavy atom. The Morgan fingerprint density at radius 3 is 2.89 bits per heavy atom. The molecule has 0 radical (unpaired) electrons. The molecule has 0 spiro atoms. The summed E-state index contributed by atoms with van der Waals surface area (Å²) in [5.41, 5.74) is 0.229. The molecule has 2 rings (SSSR count). The van der Waals surface area contributed by atoms with Crippen molar-refractivity contribution in [2.24, 2.45) is 5.92 Å². The van der Waals surface area contributed by atoms with Gasteiger partial charge in [0, 0.05) is 10.9 Å². The van der Waals surface area contributed by atoms with Crippen LogP contribution in [0.5, 0.6) is 0 Å². The van der Waals surface area contributed by atoms with Crippen LogP contribution in [0.15, 0.2) is 22.7 Å². The lowest BCUT2D eigenvalue weighted by molar-refractivity contribution is -0.0162. The predicted octanol–water partition coefficient (Wildman–Crippen LogP) is 4.46. The van der Waals surface area contributed by atoms with Gasteiger partial charge in [-0.3, -0.25) is 0 Å². The van der Waals surface area contributed by atoms with E-state index < -0.39 is 5.60 Å². The third-order valence-electron chi connectivity index (χ3n) is 3.96. The van der Waals surface area contributed by atoms with Crippen LogP contribution >= 0.6 is 15.9 Å². The van der Waals surface area contributed by atoms with E-state index in [1.165, 1.54) is 18.6 Å². The summed E-state index contributed by atoms with van der Waals surface area (Å²) in [6.07, 6.45) is 5.64. The van der Waals surface area contributed by atoms with Crippen molar-refractivity contribution in [3.05, 3.63) is 34.1 Å². The first-order valence-electron chi connectivity index (χ1n) is 6.68. The van der Waals surface area contributed by atoms with E-state index in [4.69, 9.17) is 0 Å². The van der Waals surface area contributed by atoms with Crippen LogP contribution < -0.4 is 0 Å². The maximum Gasteiger partial charge on any atom is 0.124 e. The Labute approximate surface area is 117 Å². The van der Waals surface area contributed by atoms with Gasteiger partial charge in [0.2, 0.25) is 0 Å². The first-order chi connectivity index (χ1) is 8.50. The van der Waals surface area contributed by atoms with Crippen molar-refractivity contribution in [1.82, 2.24) is 0 Å². The molecule has 0 heterocycles. The molecule has 0 aromatic heterocycles. The second kappa shape index (κ2) is 5.70. The van der Waals surface area contributed by atoms with Crippen molar-refractivity contribution in [1.29, 1.82) is 0 Å². The van der Waals surface area contributed by atoms with Crippen LogP contribution in [0.25, 0.3) is 0 Å². The van der Waals surface area contributed by atoms with E-state index in [1.807, 2.05) is 6.07 Å². The molecule has 0 bridgehead atoms. The van der Waals surface area contributed by atoms with Gasteiger partial charge in [0.1, 0.15) is 5.82 Å². The minimum Gasteiger partial charge on any atom is -0.390 e. The Kier molecular flexibility index (Phi) is 4.44. The third-order valence-corrected chi connectivity index (χ3v) is 4.41. The first-order valence-corrected chi connectivity index (χ1v) is 7.47. The van der Waals surface area contributed by atoms with Gasteiger partial charge in [-0.05, 0) is 42.5 Å². The summed E-state index contributed by atoms with van der Waals surface area (Å²) in [4.78, 5) is 0. The van der Waals surface area contributed by atoms with E-state index in [9.17, 15) is 9.50 Å². The summed E-state index contributed by atoms with van der Waals surface area (Å²) in [6, 6.07) is 4.87. The fourth-order valence-electron chi connectivity index (χ4n) is 3.06. The van der Waals surface area contributed by atoms with E-state index in [0.717, 1.165) is 35.7 Å². The molecule has 1 saturated carbocycles. The van der Waals surface area contributed by atoms with Gasteiger partial charge in [-0.15, -0.1) is 0 Å². The normalized spacial score (nSPS) is 28.3. The molecular formula is C15H20BrFO. The minimum atomic E-state index is -0.647. The molecule has 100 valence electrons. The van der Waals surface area contributed by atoms with Crippen molar-refractivity contribution in [2.45, 2.75) is 51.0 Å². The van der Waals surface area contributed by atoms with Gasteiger partial charge < -0.3 is 5.11 Å². The van der Waals surface area contributed by atoms with E-state index in [-0.39, 0.29) is 5.82 Å². The van der Waals surface area contributed by atoms with Crippen molar-refractivity contribution in [2.75, 3.05) is 0 Å². The van der Waals surface area contributed by atoms with Crippen LogP contribution in [0.3, 0.4) is 0 Å². The van der Waals surface area contributed by atoms with Crippen molar-refractivity contribution < 1.29 is 9.50 Å². The molecule has 1 N–H and O–H groups in total. The largest absolute Gasteiger partial charge is 0.390 e. The predicted molar refractivity (Wildman–Crippen MR) is 75.0 cm³/mol. The van der Waals surface area contributed by atoms with Gasteiger partial charge in [-0.1, -0.05) is 42.1 Å². The average Bonchev–Trinajstić information content (AvgIpc) is 2.26. The zero-order valence-corrected chi connectivity index (χ0v) is 12.3. The molecule has 1 aliphatic rings. The number of benzene rings is 1. The molecule has 2 unspecified atom stereocenters. The summed E-state index contributed by atoms with van der Waals surface area (Å²) < 4.78 is 14.1. The Hall–Kier alpha value is -0.410. The number of hydrogen-bond acceptors (Lipinski definition) is 1. The van der Waals surface area contributed by atoms with E-state index in [0.29, 0.717) is 12.3 Å². The van der Waals surface area contributed by atoms with E-state index in [2.05, 4.69) is 22.9 Å². The second-order valence-corrected chi connectivity index (χ2v) is 6.47. The molecule has 3 heteroatoms. The highest BCUT2D eigenvalue weighted by Gasteiger charge is 2.33. The van der Waals surface area contributed by atoms with E-state index in [1.54, 1.807) is 0 Å². The summed E-state index contributed by atoms with van der Waals surface area (Å²) in [5.74, 6) is 0.367. The maximum absolute atomic E-state index is 13.3. The number of halogens is 2. The van der Waals surface area contributed by atoms with Gasteiger partial charge in [-0.2, -0.15) is 0 Å². The average molecular weight is 315 g/mol. The lowest BCUT2D eigenvalue weighted by atomic mass is 9.74. The molecule has 1 fully saturated rings. The van der Waals surface area contributed by atoms with Crippen LogP contribution in [0.4, 0.5) is 4.39 Å². The number of hydrogen-bond donors (Lipinski definition) is 1. The fourth-order valence-corrected chi connectivity index (χ4v) is 3.58. The highest BCUT2D eigenvalue weighted by Crippen LogP contribution is 2.36. The summed E-state index contributed by atoms with van der Waals surface area (Å²) in [7, 11) is 0. The topological polar surface area (TPSA) is 20.2 Å². The Morgan fingerprint density at radius 2 is 2.22 bits per heavy atom. The summed E-state index contributed by atoms with van der Waals surface area (Å²) in [6.45, 7) is 2.18. The van der Waals surface area contributed by atoms with Crippen LogP contribution in [-0.4, -0.2) is 10.7 Å². The molecule has 1 aromatic rings. The molecule has 0 amide bonds. The SMILES string of the molecule is CCC1CCCC(O)(Cc2cc(F)cc(Br)c2)C1. The molecule has 1 aromatic carbocycles. The zero-order chi connectivity index (χ0) is 13.2. The first kappa shape index (κ1) is 14.0. The molecule has 18 heavy (non-hydrogen) atoms. The lowest BCUT2D eigenvalue weighted by Crippen LogP contribution is -2.37. The smallest absolute Gasteiger partial charge is 0.124 e. The number of aliphatic hydroxyl groups is 1. The molecule has 0 aliphatic heterocycles. The van der Waals surface area contributed by atoms with Gasteiger partial charge in [0.25, 0.3) is 0 Å². The zero-order valence-electron chi connectivity index (χ0n) is 10.8. The van der Waals surface area contributed by atoms with Crippen molar-refractivity contribution in [3.63, 3.8) is 0 Å². The molecule has 1 aliphatic carbocycles. The quantitative estimate of drug-likeness (QED) is 0.873. The van der Waals surface area contributed by atoms with Crippen molar-refractivity contribution >= 4 is 15.9 Å². The minimum absolute atomic E-state index is 0.245. The van der Waals surface area contributed by atoms with E-state index >= 15 is 0 Å². The maximum atomic E-state index is 13.3. The van der Waals surface area contributed by atoms with Crippen LogP contribution in [0, 0.1) is 11.7 Å². The summed E-state index contributed by atoms with van der Waals surface area (Å²) >= 11 is 3.30. The summed E-state index contributed by atoms with van der Waals surface area (Å²) in [5, 5.41) is 10.7. The van der Waals surface area contributed by atoms with Gasteiger partial charge >= 0.3 is 0 Å². The van der Waals surface area contributed by atoms with Gasteiger partial charge in [-0.25, -0.2) is 4.39 Å². The van der Waals surface area contributed by atoms with Crippen LogP contribution in [-0.2, 0) is 6.42 Å². The second-order valence-electron chi connectivity index (χ2n) is 5.55. The molecular weight excluding hydrogens is 295 g/mol. The van der Waals surface area contributed by atoms with Gasteiger partial charge in [0.05, 0.1) is 5.60 Å². The highest BCUT2D eigenvalue weighted by atomic mass is 79.9. The Balaban J connectivity index is 2.11. The standard InChI is InChI=1S/C15H20BrFO/c1-2-11-4-3-5-15(18,9-11)10-12-6-13(16)8-14(17)7-12/h6-8,11,18H,2-5,9-10H2,1H3. The Bertz CT molecular complexity index is 401. The fraction of sp³-hybridized carbons (Fsp3) is 0.600.